The SMILES string of the molecule is CSc1nc2c(c(N3CCCn4nc(C(=O)N(C)C)cc4C3)n1)COC1(CCCc3ccc(N(C(=O)O)C(C)(C)C)cc31)C2. The van der Waals surface area contributed by atoms with Gasteiger partial charge in [0.2, 0.25) is 0 Å². The number of carboxylic acid groups (broad SMARTS) is 1. The number of hydrogen-bond acceptors (Lipinski definition) is 8. The maximum absolute atomic E-state index is 12.6. The third-order valence-corrected chi connectivity index (χ3v) is 9.40. The molecule has 2 amide bonds. The first-order valence-corrected chi connectivity index (χ1v) is 16.4. The number of rotatable bonds is 4. The first-order valence-electron chi connectivity index (χ1n) is 15.2. The Morgan fingerprint density at radius 1 is 1.11 bits per heavy atom. The van der Waals surface area contributed by atoms with Gasteiger partial charge in [-0.15, -0.1) is 0 Å². The Labute approximate surface area is 262 Å². The number of aromatic nitrogens is 4. The average Bonchev–Trinajstić information content (AvgIpc) is 3.26. The molecule has 0 saturated carbocycles. The minimum atomic E-state index is -0.976. The van der Waals surface area contributed by atoms with Crippen LogP contribution in [0.3, 0.4) is 0 Å². The van der Waals surface area contributed by atoms with Crippen LogP contribution in [0.4, 0.5) is 16.3 Å². The topological polar surface area (TPSA) is 117 Å². The van der Waals surface area contributed by atoms with E-state index in [-0.39, 0.29) is 5.91 Å². The molecular weight excluding hydrogens is 578 g/mol. The van der Waals surface area contributed by atoms with Gasteiger partial charge in [0.25, 0.3) is 5.91 Å². The third kappa shape index (κ3) is 5.42. The summed E-state index contributed by atoms with van der Waals surface area (Å²) >= 11 is 1.53. The average molecular weight is 620 g/mol. The van der Waals surface area contributed by atoms with Crippen molar-refractivity contribution in [3.63, 3.8) is 0 Å². The smallest absolute Gasteiger partial charge is 0.412 e. The molecule has 234 valence electrons. The molecule has 1 spiro atoms. The van der Waals surface area contributed by atoms with E-state index in [0.717, 1.165) is 67.1 Å². The molecule has 1 aliphatic carbocycles. The maximum atomic E-state index is 12.6. The number of carbonyl (C=O) groups is 2. The van der Waals surface area contributed by atoms with Crippen molar-refractivity contribution in [1.29, 1.82) is 0 Å². The molecule has 1 atom stereocenters. The molecule has 3 aliphatic rings. The van der Waals surface area contributed by atoms with Gasteiger partial charge in [-0.1, -0.05) is 17.8 Å². The molecule has 0 fully saturated rings. The van der Waals surface area contributed by atoms with E-state index in [9.17, 15) is 14.7 Å². The van der Waals surface area contributed by atoms with Gasteiger partial charge in [0.05, 0.1) is 30.1 Å². The number of aryl methyl sites for hydroxylation is 2. The van der Waals surface area contributed by atoms with Gasteiger partial charge in [-0.2, -0.15) is 5.10 Å². The highest BCUT2D eigenvalue weighted by Crippen LogP contribution is 2.47. The van der Waals surface area contributed by atoms with Gasteiger partial charge >= 0.3 is 6.09 Å². The van der Waals surface area contributed by atoms with E-state index in [4.69, 9.17) is 14.7 Å². The fourth-order valence-corrected chi connectivity index (χ4v) is 7.19. The number of ether oxygens (including phenoxy) is 1. The minimum absolute atomic E-state index is 0.107. The van der Waals surface area contributed by atoms with Crippen LogP contribution in [0.5, 0.6) is 0 Å². The number of nitrogens with zero attached hydrogens (tertiary/aromatic N) is 7. The molecule has 6 rings (SSSR count). The summed E-state index contributed by atoms with van der Waals surface area (Å²) in [7, 11) is 3.47. The number of thioether (sulfide) groups is 1. The zero-order valence-electron chi connectivity index (χ0n) is 26.4. The molecule has 1 N–H and O–H groups in total. The second kappa shape index (κ2) is 11.4. The molecule has 12 heteroatoms. The van der Waals surface area contributed by atoms with Gasteiger partial charge in [0.15, 0.2) is 10.9 Å². The highest BCUT2D eigenvalue weighted by atomic mass is 32.2. The molecule has 1 unspecified atom stereocenters. The van der Waals surface area contributed by atoms with Crippen LogP contribution in [0.25, 0.3) is 0 Å². The lowest BCUT2D eigenvalue weighted by atomic mass is 9.74. The number of carbonyl (C=O) groups excluding carboxylic acids is 1. The molecule has 4 heterocycles. The second-order valence-corrected chi connectivity index (χ2v) is 13.9. The van der Waals surface area contributed by atoms with E-state index in [2.05, 4.69) is 16.1 Å². The Hall–Kier alpha value is -3.64. The Morgan fingerprint density at radius 3 is 2.61 bits per heavy atom. The van der Waals surface area contributed by atoms with E-state index < -0.39 is 17.2 Å². The van der Waals surface area contributed by atoms with Crippen LogP contribution in [0.1, 0.15) is 78.6 Å². The van der Waals surface area contributed by atoms with Crippen molar-refractivity contribution >= 4 is 35.3 Å². The van der Waals surface area contributed by atoms with Crippen molar-refractivity contribution in [3.8, 4) is 0 Å². The number of fused-ring (bicyclic) bond motifs is 4. The molecule has 2 aromatic heterocycles. The summed E-state index contributed by atoms with van der Waals surface area (Å²) in [5.41, 5.74) is 5.15. The molecule has 0 bridgehead atoms. The lowest BCUT2D eigenvalue weighted by Gasteiger charge is -2.43. The third-order valence-electron chi connectivity index (χ3n) is 8.85. The molecular formula is C32H41N7O4S. The number of hydrogen-bond donors (Lipinski definition) is 1. The van der Waals surface area contributed by atoms with Crippen molar-refractivity contribution in [2.75, 3.05) is 36.7 Å². The Balaban J connectivity index is 1.37. The summed E-state index contributed by atoms with van der Waals surface area (Å²) in [6, 6.07) is 7.91. The molecule has 2 aliphatic heterocycles. The van der Waals surface area contributed by atoms with Gasteiger partial charge < -0.3 is 19.6 Å². The predicted molar refractivity (Wildman–Crippen MR) is 170 cm³/mol. The Morgan fingerprint density at radius 2 is 1.91 bits per heavy atom. The van der Waals surface area contributed by atoms with Gasteiger partial charge in [-0.25, -0.2) is 14.8 Å². The summed E-state index contributed by atoms with van der Waals surface area (Å²) in [6.07, 6.45) is 5.24. The van der Waals surface area contributed by atoms with Gasteiger partial charge in [-0.05, 0) is 82.0 Å². The fraction of sp³-hybridized carbons (Fsp3) is 0.531. The number of anilines is 2. The molecule has 11 nitrogen and oxygen atoms in total. The normalized spacial score (nSPS) is 19.5. The van der Waals surface area contributed by atoms with Crippen LogP contribution in [-0.2, 0) is 42.9 Å². The summed E-state index contributed by atoms with van der Waals surface area (Å²) in [5.74, 6) is 0.767. The summed E-state index contributed by atoms with van der Waals surface area (Å²) < 4.78 is 8.81. The number of amides is 2. The molecule has 0 radical (unpaired) electrons. The summed E-state index contributed by atoms with van der Waals surface area (Å²) in [5, 5.41) is 15.4. The van der Waals surface area contributed by atoms with Crippen molar-refractivity contribution in [2.24, 2.45) is 0 Å². The van der Waals surface area contributed by atoms with Crippen LogP contribution < -0.4 is 9.80 Å². The summed E-state index contributed by atoms with van der Waals surface area (Å²) in [4.78, 5) is 40.2. The van der Waals surface area contributed by atoms with E-state index in [1.54, 1.807) is 19.0 Å². The van der Waals surface area contributed by atoms with Crippen LogP contribution in [-0.4, -0.2) is 74.2 Å². The first kappa shape index (κ1) is 30.4. The maximum Gasteiger partial charge on any atom is 0.412 e. The zero-order chi connectivity index (χ0) is 31.4. The quantitative estimate of drug-likeness (QED) is 0.315. The van der Waals surface area contributed by atoms with Crippen molar-refractivity contribution in [1.82, 2.24) is 24.6 Å². The van der Waals surface area contributed by atoms with E-state index in [1.807, 2.05) is 49.9 Å². The first-order chi connectivity index (χ1) is 20.9. The Bertz CT molecular complexity index is 1610. The molecule has 3 aromatic rings. The largest absolute Gasteiger partial charge is 0.465 e. The minimum Gasteiger partial charge on any atom is -0.465 e. The Kier molecular flexibility index (Phi) is 7.86. The van der Waals surface area contributed by atoms with Crippen LogP contribution in [0.2, 0.25) is 0 Å². The lowest BCUT2D eigenvalue weighted by Crippen LogP contribution is -2.46. The van der Waals surface area contributed by atoms with Crippen molar-refractivity contribution in [3.05, 3.63) is 58.0 Å². The standard InChI is InChI=1S/C32H41N7O4S/c1-31(2,3)39(30(41)42)21-11-10-20-9-7-12-32(24(20)15-21)17-26-23(19-43-32)27(34-29(33-26)44-6)37-13-8-14-38-22(18-37)16-25(35-38)28(40)36(4)5/h10-11,15-16H,7-9,12-14,17-19H2,1-6H3,(H,41,42). The van der Waals surface area contributed by atoms with Crippen LogP contribution in [0.15, 0.2) is 29.4 Å². The van der Waals surface area contributed by atoms with Gasteiger partial charge in [-0.3, -0.25) is 14.4 Å². The van der Waals surface area contributed by atoms with Crippen LogP contribution >= 0.6 is 11.8 Å². The summed E-state index contributed by atoms with van der Waals surface area (Å²) in [6.45, 7) is 8.20. The van der Waals surface area contributed by atoms with E-state index >= 15 is 0 Å². The van der Waals surface area contributed by atoms with Crippen molar-refractivity contribution < 1.29 is 19.4 Å². The highest BCUT2D eigenvalue weighted by molar-refractivity contribution is 7.98. The predicted octanol–water partition coefficient (Wildman–Crippen LogP) is 5.09. The fourth-order valence-electron chi connectivity index (χ4n) is 6.81. The van der Waals surface area contributed by atoms with E-state index in [0.29, 0.717) is 36.1 Å². The monoisotopic (exact) mass is 619 g/mol. The zero-order valence-corrected chi connectivity index (χ0v) is 27.2. The molecule has 0 saturated heterocycles. The second-order valence-electron chi connectivity index (χ2n) is 13.1. The van der Waals surface area contributed by atoms with E-state index in [1.165, 1.54) is 22.2 Å². The molecule has 44 heavy (non-hydrogen) atoms. The van der Waals surface area contributed by atoms with Crippen LogP contribution in [0, 0.1) is 0 Å². The molecule has 1 aromatic carbocycles. The van der Waals surface area contributed by atoms with Gasteiger partial charge in [0.1, 0.15) is 5.82 Å². The lowest BCUT2D eigenvalue weighted by molar-refractivity contribution is -0.0855. The van der Waals surface area contributed by atoms with Gasteiger partial charge in [0, 0.05) is 50.4 Å². The van der Waals surface area contributed by atoms with Crippen molar-refractivity contribution in [2.45, 2.75) is 88.9 Å². The highest BCUT2D eigenvalue weighted by Gasteiger charge is 2.44. The number of benzene rings is 1.